The number of benzene rings is 2. The molecule has 2 aromatic carbocycles. The van der Waals surface area contributed by atoms with Gasteiger partial charge >= 0.3 is 0 Å². The van der Waals surface area contributed by atoms with Crippen molar-refractivity contribution in [3.05, 3.63) is 82.2 Å². The number of ether oxygens (including phenoxy) is 1. The van der Waals surface area contributed by atoms with Gasteiger partial charge in [-0.2, -0.15) is 5.10 Å². The molecule has 1 aliphatic heterocycles. The Labute approximate surface area is 188 Å². The molecule has 1 aromatic heterocycles. The molecule has 0 aliphatic carbocycles. The highest BCUT2D eigenvalue weighted by Crippen LogP contribution is 2.24. The topological polar surface area (TPSA) is 76.5 Å². The number of hydrogen-bond acceptors (Lipinski definition) is 4. The summed E-state index contributed by atoms with van der Waals surface area (Å²) >= 11 is 0. The average molecular weight is 433 g/mol. The van der Waals surface area contributed by atoms with Crippen LogP contribution >= 0.6 is 0 Å². The quantitative estimate of drug-likeness (QED) is 0.649. The Morgan fingerprint density at radius 2 is 1.94 bits per heavy atom. The minimum Gasteiger partial charge on any atom is -0.494 e. The molecule has 3 aromatic rings. The maximum atomic E-state index is 13.1. The Hall–Kier alpha value is -3.61. The number of fused-ring (bicyclic) bond motifs is 1. The molecule has 0 fully saturated rings. The zero-order valence-electron chi connectivity index (χ0n) is 18.7. The first-order chi connectivity index (χ1) is 15.5. The van der Waals surface area contributed by atoms with E-state index in [0.29, 0.717) is 43.9 Å². The predicted molar refractivity (Wildman–Crippen MR) is 122 cm³/mol. The van der Waals surface area contributed by atoms with Crippen molar-refractivity contribution in [3.63, 3.8) is 0 Å². The number of amides is 2. The zero-order chi connectivity index (χ0) is 22.7. The SMILES string of the molecule is CCOc1ccc(C(=O)N2CCc3c(c(C(=O)NCc4cccc(C)c4)nn3C)C2)cc1. The molecule has 1 N–H and O–H groups in total. The summed E-state index contributed by atoms with van der Waals surface area (Å²) in [4.78, 5) is 27.8. The third-order valence-corrected chi connectivity index (χ3v) is 5.69. The average Bonchev–Trinajstić information content (AvgIpc) is 3.14. The van der Waals surface area contributed by atoms with Gasteiger partial charge in [0.1, 0.15) is 5.75 Å². The van der Waals surface area contributed by atoms with Gasteiger partial charge in [-0.3, -0.25) is 14.3 Å². The van der Waals surface area contributed by atoms with E-state index in [1.807, 2.05) is 45.2 Å². The summed E-state index contributed by atoms with van der Waals surface area (Å²) < 4.78 is 7.22. The third kappa shape index (κ3) is 4.51. The number of rotatable bonds is 6. The fraction of sp³-hybridized carbons (Fsp3) is 0.320. The van der Waals surface area contributed by atoms with Crippen LogP contribution in [0, 0.1) is 6.92 Å². The Kier molecular flexibility index (Phi) is 6.25. The number of aromatic nitrogens is 2. The lowest BCUT2D eigenvalue weighted by Gasteiger charge is -2.27. The highest BCUT2D eigenvalue weighted by Gasteiger charge is 2.29. The number of carbonyl (C=O) groups excluding carboxylic acids is 2. The second-order valence-electron chi connectivity index (χ2n) is 8.00. The largest absolute Gasteiger partial charge is 0.494 e. The predicted octanol–water partition coefficient (Wildman–Crippen LogP) is 3.26. The smallest absolute Gasteiger partial charge is 0.272 e. The van der Waals surface area contributed by atoms with Gasteiger partial charge in [0.25, 0.3) is 11.8 Å². The number of hydrogen-bond donors (Lipinski definition) is 1. The summed E-state index contributed by atoms with van der Waals surface area (Å²) in [6.07, 6.45) is 0.659. The van der Waals surface area contributed by atoms with Crippen molar-refractivity contribution in [2.24, 2.45) is 7.05 Å². The Morgan fingerprint density at radius 1 is 1.16 bits per heavy atom. The lowest BCUT2D eigenvalue weighted by atomic mass is 10.0. The van der Waals surface area contributed by atoms with Gasteiger partial charge in [-0.25, -0.2) is 0 Å². The second kappa shape index (κ2) is 9.26. The molecule has 7 heteroatoms. The van der Waals surface area contributed by atoms with Gasteiger partial charge in [0.2, 0.25) is 0 Å². The summed E-state index contributed by atoms with van der Waals surface area (Å²) in [6.45, 7) is 5.91. The van der Waals surface area contributed by atoms with Crippen molar-refractivity contribution in [2.75, 3.05) is 13.2 Å². The fourth-order valence-corrected chi connectivity index (χ4v) is 4.08. The summed E-state index contributed by atoms with van der Waals surface area (Å²) in [7, 11) is 1.85. The first-order valence-electron chi connectivity index (χ1n) is 10.9. The third-order valence-electron chi connectivity index (χ3n) is 5.69. The van der Waals surface area contributed by atoms with E-state index in [1.165, 1.54) is 0 Å². The molecule has 0 saturated heterocycles. The van der Waals surface area contributed by atoms with E-state index < -0.39 is 0 Å². The van der Waals surface area contributed by atoms with E-state index in [1.54, 1.807) is 33.8 Å². The van der Waals surface area contributed by atoms with E-state index in [9.17, 15) is 9.59 Å². The molecule has 4 rings (SSSR count). The molecule has 0 saturated carbocycles. The number of nitrogens with zero attached hydrogens (tertiary/aromatic N) is 3. The Morgan fingerprint density at radius 3 is 2.66 bits per heavy atom. The normalized spacial score (nSPS) is 12.9. The van der Waals surface area contributed by atoms with E-state index in [4.69, 9.17) is 4.74 Å². The molecular weight excluding hydrogens is 404 g/mol. The Bertz CT molecular complexity index is 1130. The van der Waals surface area contributed by atoms with Crippen molar-refractivity contribution in [1.82, 2.24) is 20.0 Å². The van der Waals surface area contributed by atoms with Crippen molar-refractivity contribution < 1.29 is 14.3 Å². The van der Waals surface area contributed by atoms with Crippen LogP contribution in [0.2, 0.25) is 0 Å². The second-order valence-corrected chi connectivity index (χ2v) is 8.00. The highest BCUT2D eigenvalue weighted by molar-refractivity contribution is 5.96. The first kappa shape index (κ1) is 21.6. The lowest BCUT2D eigenvalue weighted by molar-refractivity contribution is 0.0730. The number of aryl methyl sites for hydroxylation is 2. The zero-order valence-corrected chi connectivity index (χ0v) is 18.7. The van der Waals surface area contributed by atoms with Crippen LogP contribution in [0.1, 0.15) is 50.2 Å². The molecule has 0 unspecified atom stereocenters. The van der Waals surface area contributed by atoms with E-state index in [0.717, 1.165) is 28.1 Å². The van der Waals surface area contributed by atoms with Gasteiger partial charge in [-0.05, 0) is 43.7 Å². The molecule has 7 nitrogen and oxygen atoms in total. The Balaban J connectivity index is 1.48. The molecular formula is C25H28N4O3. The summed E-state index contributed by atoms with van der Waals surface area (Å²) in [5.41, 5.74) is 5.00. The van der Waals surface area contributed by atoms with Crippen molar-refractivity contribution in [3.8, 4) is 5.75 Å². The van der Waals surface area contributed by atoms with Crippen LogP contribution < -0.4 is 10.1 Å². The maximum absolute atomic E-state index is 13.1. The van der Waals surface area contributed by atoms with Gasteiger partial charge in [0.15, 0.2) is 5.69 Å². The van der Waals surface area contributed by atoms with E-state index in [-0.39, 0.29) is 11.8 Å². The molecule has 0 bridgehead atoms. The lowest BCUT2D eigenvalue weighted by Crippen LogP contribution is -2.37. The fourth-order valence-electron chi connectivity index (χ4n) is 4.08. The highest BCUT2D eigenvalue weighted by atomic mass is 16.5. The number of nitrogens with one attached hydrogen (secondary N) is 1. The molecule has 2 amide bonds. The maximum Gasteiger partial charge on any atom is 0.272 e. The van der Waals surface area contributed by atoms with Crippen LogP contribution in [0.5, 0.6) is 5.75 Å². The molecule has 0 radical (unpaired) electrons. The van der Waals surface area contributed by atoms with Crippen molar-refractivity contribution >= 4 is 11.8 Å². The van der Waals surface area contributed by atoms with Gasteiger partial charge in [-0.1, -0.05) is 29.8 Å². The van der Waals surface area contributed by atoms with Crippen LogP contribution in [0.4, 0.5) is 0 Å². The summed E-state index contributed by atoms with van der Waals surface area (Å²) in [5, 5.41) is 7.44. The van der Waals surface area contributed by atoms with Crippen molar-refractivity contribution in [2.45, 2.75) is 33.4 Å². The molecule has 0 atom stereocenters. The monoisotopic (exact) mass is 432 g/mol. The molecule has 32 heavy (non-hydrogen) atoms. The van der Waals surface area contributed by atoms with E-state index in [2.05, 4.69) is 10.4 Å². The van der Waals surface area contributed by atoms with Gasteiger partial charge in [-0.15, -0.1) is 0 Å². The molecule has 166 valence electrons. The van der Waals surface area contributed by atoms with Crippen LogP contribution in [0.3, 0.4) is 0 Å². The number of carbonyl (C=O) groups is 2. The molecule has 0 spiro atoms. The van der Waals surface area contributed by atoms with Gasteiger partial charge in [0, 0.05) is 43.4 Å². The minimum absolute atomic E-state index is 0.0614. The minimum atomic E-state index is -0.223. The van der Waals surface area contributed by atoms with Gasteiger partial charge in [0.05, 0.1) is 13.2 Å². The van der Waals surface area contributed by atoms with Crippen LogP contribution in [-0.4, -0.2) is 39.6 Å². The standard InChI is InChI=1S/C25H28N4O3/c1-4-32-20-10-8-19(9-11-20)25(31)29-13-12-22-21(16-29)23(27-28(22)3)24(30)26-15-18-7-5-6-17(2)14-18/h5-11,14H,4,12-13,15-16H2,1-3H3,(H,26,30). The summed E-state index contributed by atoms with van der Waals surface area (Å²) in [6, 6.07) is 15.2. The van der Waals surface area contributed by atoms with Gasteiger partial charge < -0.3 is 15.0 Å². The van der Waals surface area contributed by atoms with Crippen molar-refractivity contribution in [1.29, 1.82) is 0 Å². The first-order valence-corrected chi connectivity index (χ1v) is 10.9. The summed E-state index contributed by atoms with van der Waals surface area (Å²) in [5.74, 6) is 0.456. The van der Waals surface area contributed by atoms with Crippen LogP contribution in [0.25, 0.3) is 0 Å². The molecule has 1 aliphatic rings. The van der Waals surface area contributed by atoms with Crippen LogP contribution in [0.15, 0.2) is 48.5 Å². The van der Waals surface area contributed by atoms with E-state index >= 15 is 0 Å². The van der Waals surface area contributed by atoms with Crippen LogP contribution in [-0.2, 0) is 26.6 Å². The molecule has 2 heterocycles.